The minimum Gasteiger partial charge on any atom is -1.00 e. The Hall–Kier alpha value is -8.73. The minimum absolute atomic E-state index is 0. The molecule has 5 N–H and O–H groups in total. The van der Waals surface area contributed by atoms with Crippen LogP contribution in [0.4, 0.5) is 38.0 Å². The predicted octanol–water partition coefficient (Wildman–Crippen LogP) is 12.5. The summed E-state index contributed by atoms with van der Waals surface area (Å²) in [6.07, 6.45) is -8.12. The van der Waals surface area contributed by atoms with Crippen molar-refractivity contribution in [3.05, 3.63) is 263 Å². The summed E-state index contributed by atoms with van der Waals surface area (Å²) >= 11 is 0. The first-order valence-corrected chi connectivity index (χ1v) is 29.3. The Balaban J connectivity index is 0.000000247. The smallest absolute Gasteiger partial charge is 1.00 e. The number of carbonyl (C=O) groups is 5. The molecule has 2 atom stereocenters. The van der Waals surface area contributed by atoms with Crippen LogP contribution in [0.3, 0.4) is 0 Å². The van der Waals surface area contributed by atoms with Gasteiger partial charge in [-0.1, -0.05) is 127 Å². The number of carbonyl (C=O) groups excluding carboxylic acids is 5. The molecule has 0 saturated heterocycles. The molecule has 0 saturated carbocycles. The van der Waals surface area contributed by atoms with Crippen LogP contribution in [0.1, 0.15) is 100 Å². The second-order valence-corrected chi connectivity index (χ2v) is 20.8. The van der Waals surface area contributed by atoms with Gasteiger partial charge in [0.15, 0.2) is 0 Å². The first kappa shape index (κ1) is 70.7. The van der Waals surface area contributed by atoms with Crippen molar-refractivity contribution in [1.29, 1.82) is 0 Å². The number of amides is 4. The summed E-state index contributed by atoms with van der Waals surface area (Å²) < 4.78 is 77.6. The Labute approximate surface area is 573 Å². The number of halogens is 6. The Morgan fingerprint density at radius 1 is 0.500 bits per heavy atom. The van der Waals surface area contributed by atoms with Crippen molar-refractivity contribution in [3.63, 3.8) is 0 Å². The summed E-state index contributed by atoms with van der Waals surface area (Å²) in [7, 11) is 0. The monoisotopic (exact) mass is 1280 g/mol. The van der Waals surface area contributed by atoms with Crippen LogP contribution >= 0.6 is 0 Å². The molecule has 0 aliphatic rings. The second kappa shape index (κ2) is 33.0. The number of aromatic nitrogens is 2. The van der Waals surface area contributed by atoms with Crippen molar-refractivity contribution in [3.8, 4) is 22.3 Å². The number of pyridine rings is 2. The van der Waals surface area contributed by atoms with Gasteiger partial charge in [0.25, 0.3) is 11.8 Å². The fourth-order valence-electron chi connectivity index (χ4n) is 10.0. The number of aldehydes is 1. The number of nitrogens with zero attached hydrogens (tertiary/aromatic N) is 4. The van der Waals surface area contributed by atoms with E-state index >= 15 is 0 Å². The first-order chi connectivity index (χ1) is 43.7. The van der Waals surface area contributed by atoms with Gasteiger partial charge in [-0.15, -0.1) is 0 Å². The maximum Gasteiger partial charge on any atom is 1.00 e. The SMILES string of the molecule is CCN(CC)C(=O)[C@@H](N)c1ccccc1.CCN(CC)C(=O)[C@@H](NCc1ccc2nc(NC(=O)c3ccccc3-c3ccc(C(F)(F)F)cc3)ccc2c1)c1ccccc1.O=Cc1ccc2nc(NC(=O)c3ccccc3-c3ccc(C(F)(F)F)cc3)ccc2c1.[H-].[K+]. The third kappa shape index (κ3) is 18.5. The Kier molecular flexibility index (Phi) is 25.4. The number of likely N-dealkylation sites (N-methyl/N-ethyl adjacent to an activating group) is 2. The molecule has 468 valence electrons. The van der Waals surface area contributed by atoms with Gasteiger partial charge in [0.1, 0.15) is 30.0 Å². The predicted molar refractivity (Wildman–Crippen MR) is 345 cm³/mol. The molecule has 2 aromatic heterocycles. The van der Waals surface area contributed by atoms with E-state index in [4.69, 9.17) is 5.73 Å². The summed E-state index contributed by atoms with van der Waals surface area (Å²) in [4.78, 5) is 74.8. The van der Waals surface area contributed by atoms with Gasteiger partial charge in [-0.05, 0) is 158 Å². The molecule has 20 heteroatoms. The van der Waals surface area contributed by atoms with E-state index in [1.165, 1.54) is 24.3 Å². The Morgan fingerprint density at radius 2 is 0.913 bits per heavy atom. The molecule has 2 heterocycles. The third-order valence-corrected chi connectivity index (χ3v) is 14.9. The summed E-state index contributed by atoms with van der Waals surface area (Å²) in [5.74, 6) is -0.192. The van der Waals surface area contributed by atoms with Crippen LogP contribution < -0.4 is 73.1 Å². The average Bonchev–Trinajstić information content (AvgIpc) is 0.863. The summed E-state index contributed by atoms with van der Waals surface area (Å²) in [6.45, 7) is 11.0. The minimum atomic E-state index is -4.44. The molecule has 0 radical (unpaired) electrons. The summed E-state index contributed by atoms with van der Waals surface area (Å²) in [6, 6.07) is 58.6. The number of hydrogen-bond acceptors (Lipinski definition) is 9. The van der Waals surface area contributed by atoms with Crippen LogP contribution in [0.5, 0.6) is 0 Å². The van der Waals surface area contributed by atoms with Crippen molar-refractivity contribution < 1.29 is 103 Å². The topological polar surface area (TPSA) is 180 Å². The number of fused-ring (bicyclic) bond motifs is 2. The molecular weight excluding hydrogens is 1210 g/mol. The van der Waals surface area contributed by atoms with E-state index in [-0.39, 0.29) is 64.6 Å². The summed E-state index contributed by atoms with van der Waals surface area (Å²) in [5, 5.41) is 10.6. The molecular formula is C72H67F6KN8O5. The fraction of sp³-hybridized carbons (Fsp3) is 0.181. The molecule has 0 bridgehead atoms. The molecule has 0 aliphatic carbocycles. The standard InChI is InChI=1S/C36H33F3N4O2.C24H15F3N2O2.C12H18N2O.K.H/c1-3-43(4-2)35(45)33(26-10-6-5-7-11-26)40-23-24-14-20-31-27(22-24)17-21-32(41-31)42-34(44)30-13-9-8-12-29(30)25-15-18-28(19-16-25)36(37,38)39;25-24(26,27)18-9-6-16(7-10-18)19-3-1-2-4-20(19)23(31)29-22-12-8-17-13-15(14-30)5-11-21(17)28-22;1-3-14(4-2)12(15)11(13)10-8-6-5-7-9-10;;/h5-22,33,40H,3-4,23H2,1-2H3,(H,41,42,44);1-14H,(H,28,29,31);5-9,11H,3-4,13H2,1-2H3;;/q;;;+1;-1/t33-;;11-;;/m0.0../s1. The van der Waals surface area contributed by atoms with Crippen molar-refractivity contribution in [1.82, 2.24) is 25.1 Å². The number of nitrogens with one attached hydrogen (secondary N) is 3. The van der Waals surface area contributed by atoms with E-state index in [2.05, 4.69) is 25.9 Å². The van der Waals surface area contributed by atoms with E-state index in [0.717, 1.165) is 58.0 Å². The van der Waals surface area contributed by atoms with Gasteiger partial charge in [-0.25, -0.2) is 9.97 Å². The van der Waals surface area contributed by atoms with Crippen molar-refractivity contribution >= 4 is 63.4 Å². The second-order valence-electron chi connectivity index (χ2n) is 20.8. The van der Waals surface area contributed by atoms with Crippen LogP contribution in [0, 0.1) is 0 Å². The van der Waals surface area contributed by atoms with Crippen molar-refractivity contribution in [2.75, 3.05) is 36.8 Å². The third-order valence-electron chi connectivity index (χ3n) is 14.9. The molecule has 0 aliphatic heterocycles. The largest absolute Gasteiger partial charge is 1.00 e. The normalized spacial score (nSPS) is 11.7. The van der Waals surface area contributed by atoms with E-state index < -0.39 is 47.4 Å². The first-order valence-electron chi connectivity index (χ1n) is 29.3. The van der Waals surface area contributed by atoms with Crippen LogP contribution in [0.15, 0.2) is 218 Å². The van der Waals surface area contributed by atoms with Crippen molar-refractivity contribution in [2.24, 2.45) is 5.73 Å². The van der Waals surface area contributed by atoms with E-state index in [0.29, 0.717) is 94.3 Å². The van der Waals surface area contributed by atoms with Crippen molar-refractivity contribution in [2.45, 2.75) is 58.7 Å². The number of nitrogens with two attached hydrogens (primary N) is 1. The van der Waals surface area contributed by atoms with Gasteiger partial charge >= 0.3 is 63.7 Å². The molecule has 8 aromatic carbocycles. The number of rotatable bonds is 18. The quantitative estimate of drug-likeness (QED) is 0.0369. The fourth-order valence-corrected chi connectivity index (χ4v) is 10.0. The summed E-state index contributed by atoms with van der Waals surface area (Å²) in [5.41, 5.74) is 11.6. The average molecular weight is 1280 g/mol. The molecule has 0 spiro atoms. The molecule has 0 unspecified atom stereocenters. The van der Waals surface area contributed by atoms with E-state index in [1.807, 2.05) is 118 Å². The van der Waals surface area contributed by atoms with Crippen LogP contribution in [0.2, 0.25) is 0 Å². The number of alkyl halides is 6. The zero-order chi connectivity index (χ0) is 65.2. The molecule has 92 heavy (non-hydrogen) atoms. The number of hydrogen-bond donors (Lipinski definition) is 4. The molecule has 0 fully saturated rings. The van der Waals surface area contributed by atoms with Gasteiger partial charge in [0.2, 0.25) is 11.8 Å². The van der Waals surface area contributed by atoms with Gasteiger partial charge in [-0.2, -0.15) is 26.3 Å². The van der Waals surface area contributed by atoms with Crippen LogP contribution in [-0.2, 0) is 28.5 Å². The van der Waals surface area contributed by atoms with Gasteiger partial charge < -0.3 is 27.6 Å². The van der Waals surface area contributed by atoms with Crippen LogP contribution in [-0.4, -0.2) is 75.9 Å². The maximum atomic E-state index is 13.3. The van der Waals surface area contributed by atoms with E-state index in [9.17, 15) is 50.3 Å². The van der Waals surface area contributed by atoms with Gasteiger partial charge in [0, 0.05) is 60.2 Å². The zero-order valence-electron chi connectivity index (χ0n) is 52.2. The number of benzene rings is 8. The van der Waals surface area contributed by atoms with E-state index in [1.54, 1.807) is 89.8 Å². The molecule has 10 aromatic rings. The number of anilines is 2. The Morgan fingerprint density at radius 3 is 1.36 bits per heavy atom. The maximum absolute atomic E-state index is 13.3. The van der Waals surface area contributed by atoms with Gasteiger partial charge in [-0.3, -0.25) is 29.3 Å². The molecule has 13 nitrogen and oxygen atoms in total. The molecule has 4 amide bonds. The van der Waals surface area contributed by atoms with Crippen LogP contribution in [0.25, 0.3) is 44.1 Å². The Bertz CT molecular complexity index is 4140. The van der Waals surface area contributed by atoms with Gasteiger partial charge in [0.05, 0.1) is 22.2 Å². The zero-order valence-corrected chi connectivity index (χ0v) is 54.4. The molecule has 10 rings (SSSR count).